The predicted octanol–water partition coefficient (Wildman–Crippen LogP) is 4.47. The number of amides is 1. The molecule has 2 heterocycles. The Balaban J connectivity index is 1.68. The van der Waals surface area contributed by atoms with Crippen LogP contribution in [0.1, 0.15) is 34.6 Å². The van der Waals surface area contributed by atoms with Gasteiger partial charge in [-0.15, -0.1) is 0 Å². The minimum Gasteiger partial charge on any atom is -0.390 e. The number of rotatable bonds is 3. The van der Waals surface area contributed by atoms with Crippen molar-refractivity contribution >= 4 is 11.6 Å². The number of hydrogen-bond acceptors (Lipinski definition) is 4. The molecule has 2 aromatic carbocycles. The Kier molecular flexibility index (Phi) is 5.62. The van der Waals surface area contributed by atoms with Crippen molar-refractivity contribution < 1.29 is 41.0 Å². The molecule has 0 spiro atoms. The van der Waals surface area contributed by atoms with Crippen LogP contribution < -0.4 is 5.32 Å². The van der Waals surface area contributed by atoms with Gasteiger partial charge in [-0.05, 0) is 29.8 Å². The highest BCUT2D eigenvalue weighted by molar-refractivity contribution is 5.95. The Morgan fingerprint density at radius 1 is 1.06 bits per heavy atom. The fourth-order valence-corrected chi connectivity index (χ4v) is 4.50. The van der Waals surface area contributed by atoms with Gasteiger partial charge in [0.25, 0.3) is 0 Å². The molecule has 5 nitrogen and oxygen atoms in total. The van der Waals surface area contributed by atoms with Crippen molar-refractivity contribution in [1.29, 1.82) is 5.26 Å². The first kappa shape index (κ1) is 23.1. The largest absolute Gasteiger partial charge is 0.416 e. The molecular weight excluding hydrogens is 454 g/mol. The summed E-state index contributed by atoms with van der Waals surface area (Å²) in [5, 5.41) is 21.8. The number of carbonyl (C=O) groups excluding carboxylic acids is 1. The summed E-state index contributed by atoms with van der Waals surface area (Å²) in [7, 11) is 0. The van der Waals surface area contributed by atoms with Crippen molar-refractivity contribution in [2.75, 3.05) is 5.32 Å². The molecule has 2 aliphatic heterocycles. The first-order valence-corrected chi connectivity index (χ1v) is 9.83. The Morgan fingerprint density at radius 3 is 2.36 bits per heavy atom. The molecule has 2 bridgehead atoms. The smallest absolute Gasteiger partial charge is 0.390 e. The number of ether oxygens (including phenoxy) is 1. The first-order chi connectivity index (χ1) is 15.4. The maximum absolute atomic E-state index is 13.2. The second kappa shape index (κ2) is 8.04. The van der Waals surface area contributed by atoms with E-state index in [2.05, 4.69) is 5.32 Å². The predicted molar refractivity (Wildman–Crippen MR) is 102 cm³/mol. The summed E-state index contributed by atoms with van der Waals surface area (Å²) < 4.78 is 84.5. The molecule has 174 valence electrons. The van der Waals surface area contributed by atoms with Crippen LogP contribution in [0.4, 0.5) is 32.0 Å². The second-order valence-corrected chi connectivity index (χ2v) is 7.98. The van der Waals surface area contributed by atoms with E-state index in [-0.39, 0.29) is 23.2 Å². The molecular formula is C22H16F6N2O3. The van der Waals surface area contributed by atoms with Crippen LogP contribution in [0.2, 0.25) is 0 Å². The van der Waals surface area contributed by atoms with Crippen molar-refractivity contribution in [2.24, 2.45) is 5.92 Å². The number of alkyl halides is 6. The van der Waals surface area contributed by atoms with E-state index >= 15 is 0 Å². The van der Waals surface area contributed by atoms with Crippen molar-refractivity contribution in [1.82, 2.24) is 0 Å². The zero-order valence-corrected chi connectivity index (χ0v) is 16.6. The maximum atomic E-state index is 13.2. The molecule has 33 heavy (non-hydrogen) atoms. The van der Waals surface area contributed by atoms with E-state index in [1.165, 1.54) is 12.1 Å². The van der Waals surface area contributed by atoms with Crippen LogP contribution in [0.25, 0.3) is 0 Å². The lowest BCUT2D eigenvalue weighted by Gasteiger charge is -2.30. The number of halogens is 6. The summed E-state index contributed by atoms with van der Waals surface area (Å²) in [5.74, 6) is -2.85. The molecule has 5 atom stereocenters. The van der Waals surface area contributed by atoms with Crippen LogP contribution in [0.5, 0.6) is 0 Å². The SMILES string of the molecule is N#Cc1ccc(C(F)(F)F)cc1NC(=O)[C@@H]1[C@@H](c2cccc(C(F)(F)F)c2)[C@H]2O[C@@H]1C[C@@H]2O. The molecule has 0 radical (unpaired) electrons. The van der Waals surface area contributed by atoms with Crippen molar-refractivity contribution in [3.63, 3.8) is 0 Å². The third-order valence-corrected chi connectivity index (χ3v) is 5.95. The summed E-state index contributed by atoms with van der Waals surface area (Å²) in [4.78, 5) is 13.1. The van der Waals surface area contributed by atoms with Gasteiger partial charge in [-0.3, -0.25) is 4.79 Å². The van der Waals surface area contributed by atoms with Gasteiger partial charge in [0.1, 0.15) is 6.07 Å². The minimum absolute atomic E-state index is 0.0475. The van der Waals surface area contributed by atoms with E-state index in [4.69, 9.17) is 4.74 Å². The zero-order valence-electron chi connectivity index (χ0n) is 16.6. The van der Waals surface area contributed by atoms with Crippen LogP contribution in [-0.4, -0.2) is 29.3 Å². The highest BCUT2D eigenvalue weighted by Gasteiger charge is 2.57. The van der Waals surface area contributed by atoms with Gasteiger partial charge in [0.05, 0.1) is 46.6 Å². The number of benzene rings is 2. The normalized spacial score (nSPS) is 26.8. The fraction of sp³-hybridized carbons (Fsp3) is 0.364. The van der Waals surface area contributed by atoms with Crippen molar-refractivity contribution in [2.45, 2.75) is 43.0 Å². The molecule has 1 amide bonds. The molecule has 2 saturated heterocycles. The number of nitriles is 1. The van der Waals surface area contributed by atoms with E-state index < -0.39 is 59.5 Å². The highest BCUT2D eigenvalue weighted by Crippen LogP contribution is 2.50. The van der Waals surface area contributed by atoms with Gasteiger partial charge in [0.15, 0.2) is 0 Å². The van der Waals surface area contributed by atoms with Gasteiger partial charge in [0, 0.05) is 12.3 Å². The lowest BCUT2D eigenvalue weighted by atomic mass is 9.73. The number of nitrogens with one attached hydrogen (secondary N) is 1. The molecule has 2 fully saturated rings. The Morgan fingerprint density at radius 2 is 1.73 bits per heavy atom. The summed E-state index contributed by atoms with van der Waals surface area (Å²) >= 11 is 0. The van der Waals surface area contributed by atoms with E-state index in [9.17, 15) is 41.5 Å². The number of aliphatic hydroxyl groups is 1. The third kappa shape index (κ3) is 4.28. The van der Waals surface area contributed by atoms with Crippen LogP contribution in [0.15, 0.2) is 42.5 Å². The van der Waals surface area contributed by atoms with Gasteiger partial charge in [-0.1, -0.05) is 18.2 Å². The van der Waals surface area contributed by atoms with Crippen LogP contribution in [0.3, 0.4) is 0 Å². The second-order valence-electron chi connectivity index (χ2n) is 7.98. The van der Waals surface area contributed by atoms with E-state index in [1.807, 2.05) is 0 Å². The van der Waals surface area contributed by atoms with Gasteiger partial charge in [0.2, 0.25) is 5.91 Å². The number of aliphatic hydroxyl groups excluding tert-OH is 1. The molecule has 0 unspecified atom stereocenters. The minimum atomic E-state index is -4.71. The summed E-state index contributed by atoms with van der Waals surface area (Å²) in [5.41, 5.74) is -2.49. The standard InChI is InChI=1S/C22H16F6N2O3/c23-21(24,25)12-3-1-2-10(6-12)17-18(16-8-15(31)19(17)33-16)20(32)30-14-7-13(22(26,27)28)5-4-11(14)9-29/h1-7,15-19,31H,8H2,(H,30,32)/t15-,16+,17+,18-,19-/m0/s1. The third-order valence-electron chi connectivity index (χ3n) is 5.95. The molecule has 2 aliphatic rings. The number of carbonyl (C=O) groups is 1. The van der Waals surface area contributed by atoms with Crippen LogP contribution in [0, 0.1) is 17.2 Å². The van der Waals surface area contributed by atoms with Gasteiger partial charge in [-0.2, -0.15) is 31.6 Å². The van der Waals surface area contributed by atoms with Crippen LogP contribution >= 0.6 is 0 Å². The van der Waals surface area contributed by atoms with Crippen molar-refractivity contribution in [3.05, 3.63) is 64.7 Å². The summed E-state index contributed by atoms with van der Waals surface area (Å²) in [6.45, 7) is 0. The summed E-state index contributed by atoms with van der Waals surface area (Å²) in [6.07, 6.45) is -12.1. The molecule has 0 saturated carbocycles. The topological polar surface area (TPSA) is 82.4 Å². The lowest BCUT2D eigenvalue weighted by Crippen LogP contribution is -2.41. The molecule has 4 rings (SSSR count). The lowest BCUT2D eigenvalue weighted by molar-refractivity contribution is -0.138. The number of fused-ring (bicyclic) bond motifs is 2. The number of anilines is 1. The average Bonchev–Trinajstić information content (AvgIpc) is 3.29. The summed E-state index contributed by atoms with van der Waals surface area (Å²) in [6, 6.07) is 8.23. The van der Waals surface area contributed by atoms with Gasteiger partial charge in [-0.25, -0.2) is 0 Å². The first-order valence-electron chi connectivity index (χ1n) is 9.83. The Labute approximate surface area is 183 Å². The monoisotopic (exact) mass is 470 g/mol. The van der Waals surface area contributed by atoms with Gasteiger partial charge < -0.3 is 15.2 Å². The van der Waals surface area contributed by atoms with Crippen molar-refractivity contribution in [3.8, 4) is 6.07 Å². The van der Waals surface area contributed by atoms with E-state index in [1.54, 1.807) is 6.07 Å². The number of hydrogen-bond donors (Lipinski definition) is 2. The Bertz CT molecular complexity index is 1120. The van der Waals surface area contributed by atoms with E-state index in [0.29, 0.717) is 12.1 Å². The van der Waals surface area contributed by atoms with Gasteiger partial charge >= 0.3 is 12.4 Å². The molecule has 2 aromatic rings. The average molecular weight is 470 g/mol. The molecule has 0 aromatic heterocycles. The molecule has 0 aliphatic carbocycles. The quantitative estimate of drug-likeness (QED) is 0.649. The van der Waals surface area contributed by atoms with E-state index in [0.717, 1.165) is 18.2 Å². The number of nitrogens with zero attached hydrogens (tertiary/aromatic N) is 1. The molecule has 11 heteroatoms. The van der Waals surface area contributed by atoms with Crippen LogP contribution in [-0.2, 0) is 21.9 Å². The molecule has 2 N–H and O–H groups in total. The Hall–Kier alpha value is -3.10. The highest BCUT2D eigenvalue weighted by atomic mass is 19.4. The zero-order chi connectivity index (χ0) is 24.1. The maximum Gasteiger partial charge on any atom is 0.416 e. The fourth-order valence-electron chi connectivity index (χ4n) is 4.50.